The highest BCUT2D eigenvalue weighted by atomic mass is 19.4. The Balaban J connectivity index is 3.15. The van der Waals surface area contributed by atoms with Gasteiger partial charge in [0.1, 0.15) is 5.75 Å². The molecule has 86 valence electrons. The first kappa shape index (κ1) is 12.4. The van der Waals surface area contributed by atoms with Gasteiger partial charge in [0.2, 0.25) is 0 Å². The van der Waals surface area contributed by atoms with Crippen molar-refractivity contribution in [1.29, 1.82) is 0 Å². The SMILES string of the molecule is OCCC#Cc1ccc(O)cc1C(F)(F)F. The quantitative estimate of drug-likeness (QED) is 0.725. The summed E-state index contributed by atoms with van der Waals surface area (Å²) in [6, 6.07) is 2.86. The second kappa shape index (κ2) is 4.90. The molecule has 0 atom stereocenters. The second-order valence-electron chi connectivity index (χ2n) is 3.00. The topological polar surface area (TPSA) is 40.5 Å². The van der Waals surface area contributed by atoms with Crippen LogP contribution in [0.2, 0.25) is 0 Å². The fraction of sp³-hybridized carbons (Fsp3) is 0.273. The van der Waals surface area contributed by atoms with E-state index in [-0.39, 0.29) is 18.6 Å². The van der Waals surface area contributed by atoms with Gasteiger partial charge in [-0.05, 0) is 18.2 Å². The van der Waals surface area contributed by atoms with Crippen LogP contribution in [0.1, 0.15) is 17.5 Å². The van der Waals surface area contributed by atoms with E-state index in [1.54, 1.807) is 0 Å². The summed E-state index contributed by atoms with van der Waals surface area (Å²) < 4.78 is 37.5. The third kappa shape index (κ3) is 3.17. The summed E-state index contributed by atoms with van der Waals surface area (Å²) in [5.74, 6) is 4.25. The van der Waals surface area contributed by atoms with E-state index in [0.29, 0.717) is 6.07 Å². The van der Waals surface area contributed by atoms with Gasteiger partial charge in [0.25, 0.3) is 0 Å². The van der Waals surface area contributed by atoms with Crippen LogP contribution >= 0.6 is 0 Å². The number of phenolic OH excluding ortho intramolecular Hbond substituents is 1. The van der Waals surface area contributed by atoms with Crippen molar-refractivity contribution in [2.24, 2.45) is 0 Å². The van der Waals surface area contributed by atoms with E-state index in [1.165, 1.54) is 0 Å². The number of aromatic hydroxyl groups is 1. The Hall–Kier alpha value is -1.67. The summed E-state index contributed by atoms with van der Waals surface area (Å²) in [5, 5.41) is 17.4. The van der Waals surface area contributed by atoms with Crippen LogP contribution in [-0.4, -0.2) is 16.8 Å². The van der Waals surface area contributed by atoms with Gasteiger partial charge in [-0.15, -0.1) is 0 Å². The van der Waals surface area contributed by atoms with Crippen LogP contribution in [0.4, 0.5) is 13.2 Å². The Morgan fingerprint density at radius 2 is 1.94 bits per heavy atom. The lowest BCUT2D eigenvalue weighted by Gasteiger charge is -2.09. The van der Waals surface area contributed by atoms with Gasteiger partial charge in [-0.2, -0.15) is 13.2 Å². The first-order chi connectivity index (χ1) is 7.45. The number of hydrogen-bond acceptors (Lipinski definition) is 2. The van der Waals surface area contributed by atoms with Gasteiger partial charge in [-0.1, -0.05) is 11.8 Å². The second-order valence-corrected chi connectivity index (χ2v) is 3.00. The number of alkyl halides is 3. The third-order valence-electron chi connectivity index (χ3n) is 1.77. The summed E-state index contributed by atoms with van der Waals surface area (Å²) in [6.07, 6.45) is -4.44. The molecule has 0 unspecified atom stereocenters. The third-order valence-corrected chi connectivity index (χ3v) is 1.77. The maximum absolute atomic E-state index is 12.5. The maximum Gasteiger partial charge on any atom is 0.417 e. The molecule has 16 heavy (non-hydrogen) atoms. The molecule has 2 N–H and O–H groups in total. The highest BCUT2D eigenvalue weighted by Gasteiger charge is 2.33. The van der Waals surface area contributed by atoms with Crippen molar-refractivity contribution in [2.75, 3.05) is 6.61 Å². The molecule has 2 nitrogen and oxygen atoms in total. The molecule has 0 saturated carbocycles. The van der Waals surface area contributed by atoms with Gasteiger partial charge in [0, 0.05) is 12.0 Å². The Morgan fingerprint density at radius 1 is 1.25 bits per heavy atom. The van der Waals surface area contributed by atoms with Crippen molar-refractivity contribution in [1.82, 2.24) is 0 Å². The van der Waals surface area contributed by atoms with Crippen molar-refractivity contribution >= 4 is 0 Å². The van der Waals surface area contributed by atoms with Crippen LogP contribution in [0, 0.1) is 11.8 Å². The van der Waals surface area contributed by atoms with E-state index in [9.17, 15) is 13.2 Å². The van der Waals surface area contributed by atoms with E-state index in [2.05, 4.69) is 11.8 Å². The van der Waals surface area contributed by atoms with Gasteiger partial charge >= 0.3 is 6.18 Å². The number of benzene rings is 1. The van der Waals surface area contributed by atoms with Crippen LogP contribution in [0.3, 0.4) is 0 Å². The highest BCUT2D eigenvalue weighted by Crippen LogP contribution is 2.33. The van der Waals surface area contributed by atoms with Gasteiger partial charge in [-0.3, -0.25) is 0 Å². The molecule has 0 aromatic heterocycles. The Kier molecular flexibility index (Phi) is 3.80. The molecule has 0 aliphatic carbocycles. The van der Waals surface area contributed by atoms with E-state index < -0.39 is 17.5 Å². The molecule has 1 aromatic carbocycles. The molecule has 5 heteroatoms. The minimum atomic E-state index is -4.55. The molecule has 0 bridgehead atoms. The predicted molar refractivity (Wildman–Crippen MR) is 51.7 cm³/mol. The van der Waals surface area contributed by atoms with E-state index in [4.69, 9.17) is 10.2 Å². The zero-order chi connectivity index (χ0) is 12.2. The molecule has 1 rings (SSSR count). The van der Waals surface area contributed by atoms with Gasteiger partial charge in [0.05, 0.1) is 12.2 Å². The van der Waals surface area contributed by atoms with Crippen LogP contribution in [0.25, 0.3) is 0 Å². The molecule has 1 aromatic rings. The van der Waals surface area contributed by atoms with E-state index >= 15 is 0 Å². The van der Waals surface area contributed by atoms with E-state index in [1.807, 2.05) is 0 Å². The van der Waals surface area contributed by atoms with Crippen LogP contribution < -0.4 is 0 Å². The number of halogens is 3. The Morgan fingerprint density at radius 3 is 2.50 bits per heavy atom. The van der Waals surface area contributed by atoms with Crippen molar-refractivity contribution in [2.45, 2.75) is 12.6 Å². The first-order valence-corrected chi connectivity index (χ1v) is 4.45. The lowest BCUT2D eigenvalue weighted by molar-refractivity contribution is -0.137. The molecule has 0 aliphatic heterocycles. The monoisotopic (exact) mass is 230 g/mol. The number of hydrogen-bond donors (Lipinski definition) is 2. The summed E-state index contributed by atoms with van der Waals surface area (Å²) in [6.45, 7) is -0.202. The highest BCUT2D eigenvalue weighted by molar-refractivity contribution is 5.46. The lowest BCUT2D eigenvalue weighted by atomic mass is 10.1. The molecule has 0 spiro atoms. The zero-order valence-corrected chi connectivity index (χ0v) is 8.17. The van der Waals surface area contributed by atoms with Gasteiger partial charge in [0.15, 0.2) is 0 Å². The summed E-state index contributed by atoms with van der Waals surface area (Å²) >= 11 is 0. The molecule has 0 radical (unpaired) electrons. The first-order valence-electron chi connectivity index (χ1n) is 4.45. The fourth-order valence-electron chi connectivity index (χ4n) is 1.09. The van der Waals surface area contributed by atoms with Crippen molar-refractivity contribution in [3.63, 3.8) is 0 Å². The van der Waals surface area contributed by atoms with Crippen LogP contribution in [0.5, 0.6) is 5.75 Å². The lowest BCUT2D eigenvalue weighted by Crippen LogP contribution is -2.07. The number of aliphatic hydroxyl groups excluding tert-OH is 1. The van der Waals surface area contributed by atoms with Crippen molar-refractivity contribution in [3.05, 3.63) is 29.3 Å². The molecule has 0 amide bonds. The number of phenols is 1. The zero-order valence-electron chi connectivity index (χ0n) is 8.17. The minimum Gasteiger partial charge on any atom is -0.508 e. The Bertz CT molecular complexity index is 427. The van der Waals surface area contributed by atoms with Crippen molar-refractivity contribution < 1.29 is 23.4 Å². The number of rotatable bonds is 1. The van der Waals surface area contributed by atoms with Crippen molar-refractivity contribution in [3.8, 4) is 17.6 Å². The van der Waals surface area contributed by atoms with Gasteiger partial charge < -0.3 is 10.2 Å². The number of aliphatic hydroxyl groups is 1. The average Bonchev–Trinajstić information content (AvgIpc) is 2.19. The normalized spacial score (nSPS) is 10.8. The summed E-state index contributed by atoms with van der Waals surface area (Å²) in [7, 11) is 0. The minimum absolute atomic E-state index is 0.109. The Labute approximate surface area is 90.3 Å². The standard InChI is InChI=1S/C11H9F3O2/c12-11(13,14)10-7-9(16)5-4-8(10)3-1-2-6-15/h4-5,7,15-16H,2,6H2. The van der Waals surface area contributed by atoms with Crippen LogP contribution in [0.15, 0.2) is 18.2 Å². The largest absolute Gasteiger partial charge is 0.508 e. The summed E-state index contributed by atoms with van der Waals surface area (Å²) in [4.78, 5) is 0. The molecule has 0 heterocycles. The molecular formula is C11H9F3O2. The fourth-order valence-corrected chi connectivity index (χ4v) is 1.09. The summed E-state index contributed by atoms with van der Waals surface area (Å²) in [5.41, 5.74) is -1.18. The molecule has 0 aliphatic rings. The average molecular weight is 230 g/mol. The van der Waals surface area contributed by atoms with E-state index in [0.717, 1.165) is 12.1 Å². The molecule has 0 saturated heterocycles. The maximum atomic E-state index is 12.5. The molecule has 0 fully saturated rings. The molecular weight excluding hydrogens is 221 g/mol. The van der Waals surface area contributed by atoms with Crippen LogP contribution in [-0.2, 0) is 6.18 Å². The smallest absolute Gasteiger partial charge is 0.417 e. The predicted octanol–water partition coefficient (Wildman–Crippen LogP) is 2.14. The van der Waals surface area contributed by atoms with Gasteiger partial charge in [-0.25, -0.2) is 0 Å².